The molecule has 148 valence electrons. The number of hydrogen-bond acceptors (Lipinski definition) is 5. The molecule has 0 radical (unpaired) electrons. The second-order valence-electron chi connectivity index (χ2n) is 5.65. The van der Waals surface area contributed by atoms with Crippen LogP contribution in [0.2, 0.25) is 0 Å². The van der Waals surface area contributed by atoms with Crippen molar-refractivity contribution >= 4 is 39.6 Å². The Kier molecular flexibility index (Phi) is 8.48. The summed E-state index contributed by atoms with van der Waals surface area (Å²) in [6.07, 6.45) is 2.32. The molecule has 0 unspecified atom stereocenters. The van der Waals surface area contributed by atoms with Gasteiger partial charge in [-0.1, -0.05) is 28.9 Å². The Morgan fingerprint density at radius 2 is 1.89 bits per heavy atom. The third kappa shape index (κ3) is 6.70. The first-order chi connectivity index (χ1) is 13.5. The lowest BCUT2D eigenvalue weighted by Crippen LogP contribution is -2.32. The van der Waals surface area contributed by atoms with E-state index in [1.54, 1.807) is 36.4 Å². The van der Waals surface area contributed by atoms with Gasteiger partial charge in [-0.3, -0.25) is 9.59 Å². The number of benzene rings is 2. The summed E-state index contributed by atoms with van der Waals surface area (Å²) in [4.78, 5) is 23.8. The van der Waals surface area contributed by atoms with Crippen molar-refractivity contribution in [3.63, 3.8) is 0 Å². The highest BCUT2D eigenvalue weighted by molar-refractivity contribution is 9.10. The zero-order valence-electron chi connectivity index (χ0n) is 15.7. The minimum Gasteiger partial charge on any atom is -0.490 e. The molecule has 2 N–H and O–H groups in total. The lowest BCUT2D eigenvalue weighted by atomic mass is 10.2. The van der Waals surface area contributed by atoms with Crippen LogP contribution in [-0.2, 0) is 9.59 Å². The van der Waals surface area contributed by atoms with Crippen molar-refractivity contribution in [3.05, 3.63) is 52.5 Å². The van der Waals surface area contributed by atoms with Crippen molar-refractivity contribution < 1.29 is 19.1 Å². The van der Waals surface area contributed by atoms with Crippen LogP contribution in [-0.4, -0.2) is 31.2 Å². The Morgan fingerprint density at radius 1 is 1.07 bits per heavy atom. The number of nitrogens with zero attached hydrogens (tertiary/aromatic N) is 1. The molecule has 0 aliphatic rings. The summed E-state index contributed by atoms with van der Waals surface area (Å²) in [6, 6.07) is 12.2. The van der Waals surface area contributed by atoms with Crippen LogP contribution in [0.3, 0.4) is 0 Å². The molecule has 2 aromatic rings. The van der Waals surface area contributed by atoms with Crippen molar-refractivity contribution in [1.29, 1.82) is 0 Å². The van der Waals surface area contributed by atoms with E-state index in [2.05, 4.69) is 31.8 Å². The summed E-state index contributed by atoms with van der Waals surface area (Å²) >= 11 is 3.30. The van der Waals surface area contributed by atoms with Crippen molar-refractivity contribution in [2.75, 3.05) is 18.5 Å². The summed E-state index contributed by atoms with van der Waals surface area (Å²) in [5.74, 6) is -0.436. The van der Waals surface area contributed by atoms with E-state index < -0.39 is 11.8 Å². The average Bonchev–Trinajstić information content (AvgIpc) is 2.67. The van der Waals surface area contributed by atoms with Gasteiger partial charge in [0.1, 0.15) is 0 Å². The number of anilines is 1. The van der Waals surface area contributed by atoms with Crippen molar-refractivity contribution in [3.8, 4) is 11.5 Å². The third-order valence-corrected chi connectivity index (χ3v) is 3.89. The molecule has 8 heteroatoms. The highest BCUT2D eigenvalue weighted by Crippen LogP contribution is 2.28. The van der Waals surface area contributed by atoms with Crippen LogP contribution < -0.4 is 20.2 Å². The van der Waals surface area contributed by atoms with Crippen LogP contribution in [0, 0.1) is 0 Å². The van der Waals surface area contributed by atoms with Gasteiger partial charge in [-0.05, 0) is 55.3 Å². The van der Waals surface area contributed by atoms with Gasteiger partial charge >= 0.3 is 11.8 Å². The third-order valence-electron chi connectivity index (χ3n) is 3.40. The molecule has 2 rings (SSSR count). The molecule has 0 heterocycles. The first-order valence-corrected chi connectivity index (χ1v) is 9.62. The van der Waals surface area contributed by atoms with E-state index in [0.29, 0.717) is 36.0 Å². The number of nitrogens with one attached hydrogen (secondary N) is 2. The molecule has 0 saturated heterocycles. The molecule has 0 spiro atoms. The smallest absolute Gasteiger partial charge is 0.329 e. The second-order valence-corrected chi connectivity index (χ2v) is 6.57. The summed E-state index contributed by atoms with van der Waals surface area (Å²) in [5, 5.41) is 6.32. The first-order valence-electron chi connectivity index (χ1n) is 8.83. The molecule has 7 nitrogen and oxygen atoms in total. The van der Waals surface area contributed by atoms with Gasteiger partial charge in [0.15, 0.2) is 11.5 Å². The SMILES string of the molecule is CCCOc1ccc(/C=N/NC(=O)C(=O)Nc2cccc(Br)c2)cc1OCC. The Hall–Kier alpha value is -2.87. The lowest BCUT2D eigenvalue weighted by molar-refractivity contribution is -0.136. The molecular formula is C20H22BrN3O4. The van der Waals surface area contributed by atoms with Crippen LogP contribution in [0.25, 0.3) is 0 Å². The molecule has 0 fully saturated rings. The van der Waals surface area contributed by atoms with Crippen LogP contribution in [0.1, 0.15) is 25.8 Å². The molecule has 2 aromatic carbocycles. The fraction of sp³-hybridized carbons (Fsp3) is 0.250. The van der Waals surface area contributed by atoms with E-state index in [0.717, 1.165) is 10.9 Å². The maximum absolute atomic E-state index is 11.9. The summed E-state index contributed by atoms with van der Waals surface area (Å²) in [6.45, 7) is 5.00. The standard InChI is InChI=1S/C20H22BrN3O4/c1-3-10-28-17-9-8-14(11-18(17)27-4-2)13-22-24-20(26)19(25)23-16-7-5-6-15(21)12-16/h5-9,11-13H,3-4,10H2,1-2H3,(H,23,25)(H,24,26)/b22-13+. The van der Waals surface area contributed by atoms with Gasteiger partial charge in [-0.15, -0.1) is 0 Å². The molecule has 0 saturated carbocycles. The maximum Gasteiger partial charge on any atom is 0.329 e. The minimum atomic E-state index is -0.871. The van der Waals surface area contributed by atoms with Crippen LogP contribution >= 0.6 is 15.9 Å². The molecule has 0 aliphatic carbocycles. The summed E-state index contributed by atoms with van der Waals surface area (Å²) in [7, 11) is 0. The van der Waals surface area contributed by atoms with Gasteiger partial charge in [0.25, 0.3) is 0 Å². The topological polar surface area (TPSA) is 89.0 Å². The van der Waals surface area contributed by atoms with Crippen molar-refractivity contribution in [2.45, 2.75) is 20.3 Å². The lowest BCUT2D eigenvalue weighted by Gasteiger charge is -2.11. The molecule has 0 aromatic heterocycles. The van der Waals surface area contributed by atoms with Gasteiger partial charge in [-0.25, -0.2) is 5.43 Å². The Labute approximate surface area is 172 Å². The normalized spacial score (nSPS) is 10.5. The quantitative estimate of drug-likeness (QED) is 0.366. The van der Waals surface area contributed by atoms with Crippen molar-refractivity contribution in [2.24, 2.45) is 5.10 Å². The van der Waals surface area contributed by atoms with E-state index in [1.165, 1.54) is 6.21 Å². The Balaban J connectivity index is 1.96. The molecule has 0 aliphatic heterocycles. The highest BCUT2D eigenvalue weighted by Gasteiger charge is 2.13. The molecule has 0 atom stereocenters. The number of ether oxygens (including phenoxy) is 2. The van der Waals surface area contributed by atoms with Crippen LogP contribution in [0.4, 0.5) is 5.69 Å². The van der Waals surface area contributed by atoms with E-state index in [-0.39, 0.29) is 0 Å². The Morgan fingerprint density at radius 3 is 2.61 bits per heavy atom. The van der Waals surface area contributed by atoms with Gasteiger partial charge in [0, 0.05) is 10.2 Å². The van der Waals surface area contributed by atoms with Gasteiger partial charge in [0.2, 0.25) is 0 Å². The van der Waals surface area contributed by atoms with Crippen LogP contribution in [0.5, 0.6) is 11.5 Å². The zero-order valence-corrected chi connectivity index (χ0v) is 17.3. The molecule has 2 amide bonds. The minimum absolute atomic E-state index is 0.496. The summed E-state index contributed by atoms with van der Waals surface area (Å²) < 4.78 is 12.0. The van der Waals surface area contributed by atoms with Gasteiger partial charge < -0.3 is 14.8 Å². The predicted molar refractivity (Wildman–Crippen MR) is 112 cm³/mol. The van der Waals surface area contributed by atoms with Gasteiger partial charge in [-0.2, -0.15) is 5.10 Å². The molecule has 0 bridgehead atoms. The summed E-state index contributed by atoms with van der Waals surface area (Å²) in [5.41, 5.74) is 3.40. The van der Waals surface area contributed by atoms with Crippen LogP contribution in [0.15, 0.2) is 52.0 Å². The average molecular weight is 448 g/mol. The van der Waals surface area contributed by atoms with E-state index in [9.17, 15) is 9.59 Å². The molecule has 28 heavy (non-hydrogen) atoms. The largest absolute Gasteiger partial charge is 0.490 e. The number of hydrazone groups is 1. The zero-order chi connectivity index (χ0) is 20.4. The monoisotopic (exact) mass is 447 g/mol. The number of carbonyl (C=O) groups is 2. The second kappa shape index (κ2) is 11.1. The fourth-order valence-electron chi connectivity index (χ4n) is 2.17. The number of carbonyl (C=O) groups excluding carboxylic acids is 2. The number of hydrogen-bond donors (Lipinski definition) is 2. The van der Waals surface area contributed by atoms with E-state index >= 15 is 0 Å². The highest BCUT2D eigenvalue weighted by atomic mass is 79.9. The van der Waals surface area contributed by atoms with E-state index in [4.69, 9.17) is 9.47 Å². The predicted octanol–water partition coefficient (Wildman–Crippen LogP) is 3.73. The first kappa shape index (κ1) is 21.4. The van der Waals surface area contributed by atoms with Gasteiger partial charge in [0.05, 0.1) is 19.4 Å². The fourth-order valence-corrected chi connectivity index (χ4v) is 2.57. The number of halogens is 1. The molecular weight excluding hydrogens is 426 g/mol. The number of amides is 2. The maximum atomic E-state index is 11.9. The van der Waals surface area contributed by atoms with Crippen molar-refractivity contribution in [1.82, 2.24) is 5.43 Å². The van der Waals surface area contributed by atoms with E-state index in [1.807, 2.05) is 19.9 Å². The Bertz CT molecular complexity index is 855. The number of rotatable bonds is 8.